The second-order valence-corrected chi connectivity index (χ2v) is 4.57. The lowest BCUT2D eigenvalue weighted by Gasteiger charge is -2.13. The Hall–Kier alpha value is -1.67. The van der Waals surface area contributed by atoms with Crippen LogP contribution >= 0.6 is 11.6 Å². The van der Waals surface area contributed by atoms with Gasteiger partial charge in [-0.2, -0.15) is 0 Å². The fourth-order valence-corrected chi connectivity index (χ4v) is 2.12. The van der Waals surface area contributed by atoms with Crippen molar-refractivity contribution in [3.05, 3.63) is 71.0 Å². The van der Waals surface area contributed by atoms with Crippen molar-refractivity contribution in [2.24, 2.45) is 0 Å². The van der Waals surface area contributed by atoms with E-state index in [1.165, 1.54) is 12.1 Å². The first-order valence-corrected chi connectivity index (χ1v) is 5.97. The van der Waals surface area contributed by atoms with E-state index >= 15 is 0 Å². The summed E-state index contributed by atoms with van der Waals surface area (Å²) in [5.41, 5.74) is 2.62. The van der Waals surface area contributed by atoms with Gasteiger partial charge in [0, 0.05) is 0 Å². The van der Waals surface area contributed by atoms with Crippen LogP contribution in [-0.2, 0) is 4.79 Å². The SMILES string of the molecule is Cc1ccc(C(C(=O)Cl)c2ccc(F)cc2)cc1. The molecule has 3 heteroatoms. The van der Waals surface area contributed by atoms with E-state index in [1.807, 2.05) is 31.2 Å². The summed E-state index contributed by atoms with van der Waals surface area (Å²) in [5.74, 6) is -0.878. The largest absolute Gasteiger partial charge is 0.280 e. The van der Waals surface area contributed by atoms with Crippen LogP contribution < -0.4 is 0 Å². The number of carbonyl (C=O) groups is 1. The standard InChI is InChI=1S/C15H12ClFO/c1-10-2-4-11(5-3-10)14(15(16)18)12-6-8-13(17)9-7-12/h2-9,14H,1H3. The highest BCUT2D eigenvalue weighted by Gasteiger charge is 2.20. The van der Waals surface area contributed by atoms with Gasteiger partial charge in [-0.05, 0) is 41.8 Å². The van der Waals surface area contributed by atoms with Crippen LogP contribution in [0, 0.1) is 12.7 Å². The van der Waals surface area contributed by atoms with E-state index in [4.69, 9.17) is 11.6 Å². The first kappa shape index (κ1) is 12.8. The Morgan fingerprint density at radius 1 is 1.00 bits per heavy atom. The second-order valence-electron chi connectivity index (χ2n) is 4.20. The zero-order chi connectivity index (χ0) is 13.1. The lowest BCUT2D eigenvalue weighted by atomic mass is 9.92. The van der Waals surface area contributed by atoms with Gasteiger partial charge in [0.2, 0.25) is 5.24 Å². The molecule has 0 heterocycles. The molecule has 1 unspecified atom stereocenters. The third-order valence-corrected chi connectivity index (χ3v) is 3.06. The molecule has 92 valence electrons. The van der Waals surface area contributed by atoms with Gasteiger partial charge in [-0.1, -0.05) is 42.0 Å². The highest BCUT2D eigenvalue weighted by molar-refractivity contribution is 6.65. The summed E-state index contributed by atoms with van der Waals surface area (Å²) in [6.45, 7) is 1.97. The maximum absolute atomic E-state index is 12.9. The van der Waals surface area contributed by atoms with Gasteiger partial charge in [-0.15, -0.1) is 0 Å². The van der Waals surface area contributed by atoms with Crippen LogP contribution in [-0.4, -0.2) is 5.24 Å². The lowest BCUT2D eigenvalue weighted by molar-refractivity contribution is -0.112. The fraction of sp³-hybridized carbons (Fsp3) is 0.133. The average molecular weight is 263 g/mol. The third-order valence-electron chi connectivity index (χ3n) is 2.84. The van der Waals surface area contributed by atoms with Crippen molar-refractivity contribution < 1.29 is 9.18 Å². The number of hydrogen-bond donors (Lipinski definition) is 0. The summed E-state index contributed by atoms with van der Waals surface area (Å²) >= 11 is 5.66. The molecule has 0 aliphatic rings. The minimum absolute atomic E-state index is 0.330. The minimum atomic E-state index is -0.548. The maximum Gasteiger partial charge on any atom is 0.233 e. The van der Waals surface area contributed by atoms with Gasteiger partial charge in [0.25, 0.3) is 0 Å². The van der Waals surface area contributed by atoms with Crippen LogP contribution in [0.15, 0.2) is 48.5 Å². The number of rotatable bonds is 3. The number of hydrogen-bond acceptors (Lipinski definition) is 1. The Labute approximate surface area is 110 Å². The van der Waals surface area contributed by atoms with Gasteiger partial charge >= 0.3 is 0 Å². The smallest absolute Gasteiger partial charge is 0.233 e. The van der Waals surface area contributed by atoms with Crippen molar-refractivity contribution in [3.8, 4) is 0 Å². The summed E-state index contributed by atoms with van der Waals surface area (Å²) < 4.78 is 12.9. The topological polar surface area (TPSA) is 17.1 Å². The van der Waals surface area contributed by atoms with Crippen molar-refractivity contribution in [2.75, 3.05) is 0 Å². The molecule has 0 N–H and O–H groups in total. The Morgan fingerprint density at radius 3 is 1.89 bits per heavy atom. The summed E-state index contributed by atoms with van der Waals surface area (Å²) in [4.78, 5) is 11.6. The summed E-state index contributed by atoms with van der Waals surface area (Å²) in [7, 11) is 0. The molecule has 1 nitrogen and oxygen atoms in total. The molecule has 1 atom stereocenters. The van der Waals surface area contributed by atoms with Crippen LogP contribution in [0.1, 0.15) is 22.6 Å². The average Bonchev–Trinajstić information content (AvgIpc) is 2.34. The predicted octanol–water partition coefficient (Wildman–Crippen LogP) is 4.03. The Balaban J connectivity index is 2.43. The van der Waals surface area contributed by atoms with E-state index in [1.54, 1.807) is 12.1 Å². The van der Waals surface area contributed by atoms with Crippen molar-refractivity contribution >= 4 is 16.8 Å². The van der Waals surface area contributed by atoms with Crippen LogP contribution in [0.4, 0.5) is 4.39 Å². The first-order valence-electron chi connectivity index (χ1n) is 5.59. The molecule has 0 bridgehead atoms. The lowest BCUT2D eigenvalue weighted by Crippen LogP contribution is -2.08. The van der Waals surface area contributed by atoms with Gasteiger partial charge in [-0.3, -0.25) is 4.79 Å². The zero-order valence-corrected chi connectivity index (χ0v) is 10.6. The van der Waals surface area contributed by atoms with Crippen LogP contribution in [0.3, 0.4) is 0 Å². The summed E-state index contributed by atoms with van der Waals surface area (Å²) in [6.07, 6.45) is 0. The molecule has 0 aliphatic carbocycles. The van der Waals surface area contributed by atoms with E-state index < -0.39 is 11.2 Å². The van der Waals surface area contributed by atoms with E-state index in [2.05, 4.69) is 0 Å². The molecule has 0 aromatic heterocycles. The molecule has 18 heavy (non-hydrogen) atoms. The van der Waals surface area contributed by atoms with Crippen molar-refractivity contribution in [3.63, 3.8) is 0 Å². The molecule has 2 aromatic carbocycles. The highest BCUT2D eigenvalue weighted by Crippen LogP contribution is 2.27. The molecule has 0 aliphatic heterocycles. The predicted molar refractivity (Wildman–Crippen MR) is 70.3 cm³/mol. The third kappa shape index (κ3) is 2.77. The van der Waals surface area contributed by atoms with Gasteiger partial charge < -0.3 is 0 Å². The van der Waals surface area contributed by atoms with Gasteiger partial charge in [-0.25, -0.2) is 4.39 Å². The Kier molecular flexibility index (Phi) is 3.78. The van der Waals surface area contributed by atoms with Crippen LogP contribution in [0.5, 0.6) is 0 Å². The second kappa shape index (κ2) is 5.32. The molecule has 0 fully saturated rings. The molecule has 0 radical (unpaired) electrons. The van der Waals surface area contributed by atoms with Crippen LogP contribution in [0.25, 0.3) is 0 Å². The summed E-state index contributed by atoms with van der Waals surface area (Å²) in [5, 5.41) is -0.467. The fourth-order valence-electron chi connectivity index (χ4n) is 1.87. The zero-order valence-electron chi connectivity index (χ0n) is 9.86. The monoisotopic (exact) mass is 262 g/mol. The molecule has 2 aromatic rings. The molecule has 0 spiro atoms. The van der Waals surface area contributed by atoms with Crippen molar-refractivity contribution in [1.29, 1.82) is 0 Å². The van der Waals surface area contributed by atoms with E-state index in [-0.39, 0.29) is 5.82 Å². The molecular formula is C15H12ClFO. The van der Waals surface area contributed by atoms with E-state index in [9.17, 15) is 9.18 Å². The van der Waals surface area contributed by atoms with Gasteiger partial charge in [0.15, 0.2) is 0 Å². The molecule has 2 rings (SSSR count). The van der Waals surface area contributed by atoms with Crippen LogP contribution in [0.2, 0.25) is 0 Å². The molecular weight excluding hydrogens is 251 g/mol. The van der Waals surface area contributed by atoms with E-state index in [0.717, 1.165) is 11.1 Å². The van der Waals surface area contributed by atoms with Gasteiger partial charge in [0.05, 0.1) is 5.92 Å². The normalized spacial score (nSPS) is 12.2. The number of halogens is 2. The van der Waals surface area contributed by atoms with Crippen molar-refractivity contribution in [2.45, 2.75) is 12.8 Å². The number of aryl methyl sites for hydroxylation is 1. The summed E-state index contributed by atoms with van der Waals surface area (Å²) in [6, 6.07) is 13.4. The quantitative estimate of drug-likeness (QED) is 0.763. The number of benzene rings is 2. The van der Waals surface area contributed by atoms with Gasteiger partial charge in [0.1, 0.15) is 5.82 Å². The first-order chi connectivity index (χ1) is 8.58. The molecule has 0 amide bonds. The molecule has 0 saturated heterocycles. The minimum Gasteiger partial charge on any atom is -0.280 e. The Bertz CT molecular complexity index is 500. The molecule has 0 saturated carbocycles. The van der Waals surface area contributed by atoms with E-state index in [0.29, 0.717) is 5.56 Å². The van der Waals surface area contributed by atoms with Crippen molar-refractivity contribution in [1.82, 2.24) is 0 Å². The highest BCUT2D eigenvalue weighted by atomic mass is 35.5. The maximum atomic E-state index is 12.9. The number of carbonyl (C=O) groups excluding carboxylic acids is 1. The Morgan fingerprint density at radius 2 is 1.44 bits per heavy atom.